The molecule has 61 heavy (non-hydrogen) atoms. The Kier molecular flexibility index (Phi) is 8.58. The summed E-state index contributed by atoms with van der Waals surface area (Å²) < 4.78 is 0. The smallest absolute Gasteiger partial charge is 0.0714 e. The number of hydrogen-bond donors (Lipinski definition) is 0. The zero-order valence-corrected chi connectivity index (χ0v) is 35.2. The number of fused-ring (bicyclic) bond motifs is 7. The first-order valence-electron chi connectivity index (χ1n) is 21.5. The summed E-state index contributed by atoms with van der Waals surface area (Å²) >= 11 is 0. The molecule has 0 unspecified atom stereocenters. The van der Waals surface area contributed by atoms with Crippen molar-refractivity contribution in [1.82, 2.24) is 0 Å². The first-order chi connectivity index (χ1) is 29.8. The molecule has 1 aliphatic rings. The zero-order chi connectivity index (χ0) is 41.3. The second-order valence-electron chi connectivity index (χ2n) is 17.7. The van der Waals surface area contributed by atoms with Crippen molar-refractivity contribution in [1.29, 1.82) is 0 Å². The van der Waals surface area contributed by atoms with Crippen molar-refractivity contribution in [3.8, 4) is 22.3 Å². The molecule has 0 atom stereocenters. The van der Waals surface area contributed by atoms with Gasteiger partial charge in [0.15, 0.2) is 0 Å². The highest BCUT2D eigenvalue weighted by molar-refractivity contribution is 6.15. The maximum Gasteiger partial charge on any atom is 0.0714 e. The van der Waals surface area contributed by atoms with Crippen molar-refractivity contribution >= 4 is 49.4 Å². The number of aryl methyl sites for hydroxylation is 1. The summed E-state index contributed by atoms with van der Waals surface area (Å²) in [5, 5.41) is 7.35. The van der Waals surface area contributed by atoms with Crippen molar-refractivity contribution < 1.29 is 0 Å². The minimum absolute atomic E-state index is 0.0812. The third-order valence-corrected chi connectivity index (χ3v) is 13.1. The zero-order valence-electron chi connectivity index (χ0n) is 35.2. The van der Waals surface area contributed by atoms with Crippen LogP contribution in [-0.4, -0.2) is 0 Å². The Hall–Kier alpha value is -7.22. The molecule has 292 valence electrons. The summed E-state index contributed by atoms with van der Waals surface area (Å²) in [6, 6.07) is 79.4. The monoisotopic (exact) mass is 781 g/mol. The van der Waals surface area contributed by atoms with Crippen LogP contribution in [0.1, 0.15) is 54.2 Å². The van der Waals surface area contributed by atoms with Gasteiger partial charge >= 0.3 is 0 Å². The minimum atomic E-state index is -0.544. The van der Waals surface area contributed by atoms with E-state index in [0.717, 1.165) is 17.1 Å². The van der Waals surface area contributed by atoms with E-state index in [2.05, 4.69) is 245 Å². The summed E-state index contributed by atoms with van der Waals surface area (Å²) in [7, 11) is 0. The van der Waals surface area contributed by atoms with Crippen LogP contribution in [0.2, 0.25) is 0 Å². The van der Waals surface area contributed by atoms with Gasteiger partial charge in [0.2, 0.25) is 0 Å². The quantitative estimate of drug-likeness (QED) is 0.152. The molecule has 0 aliphatic heterocycles. The fraction of sp³-hybridized carbons (Fsp3) is 0.100. The lowest BCUT2D eigenvalue weighted by molar-refractivity contribution is 0.592. The van der Waals surface area contributed by atoms with Crippen molar-refractivity contribution in [3.05, 3.63) is 246 Å². The van der Waals surface area contributed by atoms with Crippen LogP contribution in [-0.2, 0) is 10.8 Å². The topological polar surface area (TPSA) is 3.24 Å². The van der Waals surface area contributed by atoms with Crippen LogP contribution in [0.25, 0.3) is 54.6 Å². The molecule has 10 aromatic carbocycles. The Morgan fingerprint density at radius 2 is 0.967 bits per heavy atom. The predicted molar refractivity (Wildman–Crippen MR) is 260 cm³/mol. The van der Waals surface area contributed by atoms with Crippen LogP contribution < -0.4 is 4.90 Å². The molecule has 0 fully saturated rings. The normalized spacial score (nSPS) is 13.0. The molecule has 0 amide bonds. The van der Waals surface area contributed by atoms with Gasteiger partial charge in [0.1, 0.15) is 0 Å². The van der Waals surface area contributed by atoms with Gasteiger partial charge in [-0.1, -0.05) is 203 Å². The largest absolute Gasteiger partial charge is 0.309 e. The Morgan fingerprint density at radius 3 is 1.67 bits per heavy atom. The lowest BCUT2D eigenvalue weighted by Gasteiger charge is -2.35. The third-order valence-electron chi connectivity index (χ3n) is 13.1. The van der Waals surface area contributed by atoms with Crippen LogP contribution in [0.15, 0.2) is 212 Å². The average molecular weight is 782 g/mol. The van der Waals surface area contributed by atoms with Crippen LogP contribution in [0, 0.1) is 6.92 Å². The number of rotatable bonds is 6. The predicted octanol–water partition coefficient (Wildman–Crippen LogP) is 16.3. The van der Waals surface area contributed by atoms with Gasteiger partial charge in [-0.25, -0.2) is 0 Å². The molecule has 1 aliphatic carbocycles. The van der Waals surface area contributed by atoms with Gasteiger partial charge in [-0.05, 0) is 120 Å². The maximum atomic E-state index is 2.58. The molecule has 0 saturated heterocycles. The van der Waals surface area contributed by atoms with Crippen LogP contribution in [0.3, 0.4) is 0 Å². The number of benzene rings is 10. The Balaban J connectivity index is 1.30. The molecule has 0 saturated carbocycles. The number of hydrogen-bond acceptors (Lipinski definition) is 1. The molecule has 0 aromatic heterocycles. The summed E-state index contributed by atoms with van der Waals surface area (Å²) in [5.41, 5.74) is 15.6. The molecule has 0 radical (unpaired) electrons. The second-order valence-corrected chi connectivity index (χ2v) is 17.7. The van der Waals surface area contributed by atoms with Gasteiger partial charge in [0.05, 0.1) is 16.8 Å². The number of anilines is 3. The first-order valence-corrected chi connectivity index (χ1v) is 21.5. The second kappa shape index (κ2) is 14.2. The van der Waals surface area contributed by atoms with Crippen molar-refractivity contribution in [2.45, 2.75) is 38.5 Å². The fourth-order valence-electron chi connectivity index (χ4n) is 10.5. The minimum Gasteiger partial charge on any atom is -0.309 e. The Morgan fingerprint density at radius 1 is 0.393 bits per heavy atom. The van der Waals surface area contributed by atoms with Crippen LogP contribution in [0.4, 0.5) is 17.1 Å². The number of nitrogens with zero attached hydrogens (tertiary/aromatic N) is 1. The summed E-state index contributed by atoms with van der Waals surface area (Å²) in [6.45, 7) is 9.25. The molecule has 0 spiro atoms. The standard InChI is InChI=1S/C60H47N/c1-40-20-19-33-54-58(40)51-35-34-46(39-55(51)60(54,44-24-7-5-8-25-44)45-26-9-6-10-27-45)61(56-38-43-23-13-14-28-47(43)48-29-15-16-31-50(48)56)57-37-42-22-12-11-21-41(42)36-52(57)49-30-17-18-32-53(49)59(2,3)4/h5-39H,1-4H3. The Labute approximate surface area is 359 Å². The van der Waals surface area contributed by atoms with E-state index in [1.54, 1.807) is 0 Å². The highest BCUT2D eigenvalue weighted by Gasteiger charge is 2.47. The third kappa shape index (κ3) is 5.76. The van der Waals surface area contributed by atoms with Gasteiger partial charge in [-0.2, -0.15) is 0 Å². The summed E-state index contributed by atoms with van der Waals surface area (Å²) in [5.74, 6) is 0. The molecule has 10 aromatic rings. The first kappa shape index (κ1) is 36.8. The van der Waals surface area contributed by atoms with Crippen LogP contribution >= 0.6 is 0 Å². The van der Waals surface area contributed by atoms with E-state index >= 15 is 0 Å². The molecule has 1 heteroatoms. The average Bonchev–Trinajstić information content (AvgIpc) is 3.60. The highest BCUT2D eigenvalue weighted by Crippen LogP contribution is 2.59. The molecular formula is C60H47N. The van der Waals surface area contributed by atoms with Gasteiger partial charge < -0.3 is 4.90 Å². The van der Waals surface area contributed by atoms with Crippen molar-refractivity contribution in [2.75, 3.05) is 4.90 Å². The van der Waals surface area contributed by atoms with Gasteiger partial charge in [0, 0.05) is 16.6 Å². The van der Waals surface area contributed by atoms with Gasteiger partial charge in [0.25, 0.3) is 0 Å². The van der Waals surface area contributed by atoms with E-state index < -0.39 is 5.41 Å². The van der Waals surface area contributed by atoms with Gasteiger partial charge in [-0.15, -0.1) is 0 Å². The van der Waals surface area contributed by atoms with Crippen molar-refractivity contribution in [3.63, 3.8) is 0 Å². The molecule has 0 N–H and O–H groups in total. The molecule has 11 rings (SSSR count). The van der Waals surface area contributed by atoms with E-state index in [9.17, 15) is 0 Å². The van der Waals surface area contributed by atoms with E-state index in [1.807, 2.05) is 0 Å². The van der Waals surface area contributed by atoms with Crippen LogP contribution in [0.5, 0.6) is 0 Å². The summed E-state index contributed by atoms with van der Waals surface area (Å²) in [6.07, 6.45) is 0. The lowest BCUT2D eigenvalue weighted by Crippen LogP contribution is -2.28. The summed E-state index contributed by atoms with van der Waals surface area (Å²) in [4.78, 5) is 2.58. The molecular weight excluding hydrogens is 735 g/mol. The molecule has 0 heterocycles. The van der Waals surface area contributed by atoms with E-state index in [0.29, 0.717) is 0 Å². The molecule has 1 nitrogen and oxygen atoms in total. The highest BCUT2D eigenvalue weighted by atomic mass is 15.1. The SMILES string of the molecule is Cc1cccc2c1-c1ccc(N(c3cc4ccccc4cc3-c3ccccc3C(C)(C)C)c3cc4ccccc4c4ccccc34)cc1C2(c1ccccc1)c1ccccc1. The molecule has 0 bridgehead atoms. The van der Waals surface area contributed by atoms with E-state index in [-0.39, 0.29) is 5.41 Å². The Bertz CT molecular complexity index is 3260. The van der Waals surface area contributed by atoms with Gasteiger partial charge in [-0.3, -0.25) is 0 Å². The lowest BCUT2D eigenvalue weighted by atomic mass is 9.67. The maximum absolute atomic E-state index is 2.58. The van der Waals surface area contributed by atoms with E-state index in [4.69, 9.17) is 0 Å². The van der Waals surface area contributed by atoms with Crippen molar-refractivity contribution in [2.24, 2.45) is 0 Å². The fourth-order valence-corrected chi connectivity index (χ4v) is 10.5. The van der Waals surface area contributed by atoms with E-state index in [1.165, 1.54) is 88.0 Å².